The second-order valence-corrected chi connectivity index (χ2v) is 3.67. The summed E-state index contributed by atoms with van der Waals surface area (Å²) in [5.74, 6) is 0. The van der Waals surface area contributed by atoms with E-state index in [9.17, 15) is 0 Å². The average molecular weight is 271 g/mol. The average Bonchev–Trinajstić information content (AvgIpc) is 3.22. The third-order valence-corrected chi connectivity index (χ3v) is 1.84. The second kappa shape index (κ2) is 13.1. The van der Waals surface area contributed by atoms with Crippen molar-refractivity contribution in [2.45, 2.75) is 12.2 Å². The lowest BCUT2D eigenvalue weighted by atomic mass is 10.4. The maximum absolute atomic E-state index is 8.98. The summed E-state index contributed by atoms with van der Waals surface area (Å²) in [6.45, 7) is 9.80. The van der Waals surface area contributed by atoms with Crippen LogP contribution < -0.4 is 0 Å². The lowest BCUT2D eigenvalue weighted by molar-refractivity contribution is 0.0544. The van der Waals surface area contributed by atoms with Gasteiger partial charge in [0, 0.05) is 4.91 Å². The number of rotatable bonds is 10. The van der Waals surface area contributed by atoms with Crippen LogP contribution in [-0.4, -0.2) is 56.9 Å². The molecule has 7 heteroatoms. The predicted octanol–water partition coefficient (Wildman–Crippen LogP) is 1.45. The minimum Gasteiger partial charge on any atom is -0.391 e. The molecule has 0 spiro atoms. The van der Waals surface area contributed by atoms with Gasteiger partial charge in [0.25, 0.3) is 0 Å². The first-order chi connectivity index (χ1) is 9.24. The van der Waals surface area contributed by atoms with E-state index in [2.05, 4.69) is 23.2 Å². The van der Waals surface area contributed by atoms with Gasteiger partial charge in [0.15, 0.2) is 0 Å². The molecule has 1 rings (SSSR count). The van der Waals surface area contributed by atoms with Crippen molar-refractivity contribution in [3.63, 3.8) is 0 Å². The summed E-state index contributed by atoms with van der Waals surface area (Å²) in [4.78, 5) is 2.49. The molecule has 0 saturated carbocycles. The smallest absolute Gasteiger partial charge is 0.104 e. The molecule has 2 unspecified atom stereocenters. The number of ether oxygens (including phenoxy) is 3. The third kappa shape index (κ3) is 14.6. The Bertz CT molecular complexity index is 289. The van der Waals surface area contributed by atoms with Crippen molar-refractivity contribution in [2.24, 2.45) is 5.11 Å². The minimum atomic E-state index is -0.717. The molecule has 7 nitrogen and oxygen atoms in total. The molecule has 108 valence electrons. The number of azide groups is 1. The Labute approximate surface area is 113 Å². The first-order valence-electron chi connectivity index (χ1n) is 5.92. The Morgan fingerprint density at radius 3 is 2.58 bits per heavy atom. The third-order valence-electron chi connectivity index (χ3n) is 1.84. The number of aliphatic hydroxyl groups is 1. The molecule has 0 aromatic heterocycles. The first-order valence-corrected chi connectivity index (χ1v) is 5.92. The summed E-state index contributed by atoms with van der Waals surface area (Å²) in [7, 11) is 0. The molecule has 1 aliphatic rings. The van der Waals surface area contributed by atoms with Gasteiger partial charge in [-0.3, -0.25) is 0 Å². The first kappa shape index (κ1) is 17.6. The second-order valence-electron chi connectivity index (χ2n) is 3.67. The molecule has 0 aliphatic carbocycles. The highest BCUT2D eigenvalue weighted by Gasteiger charge is 2.21. The molecule has 1 saturated heterocycles. The monoisotopic (exact) mass is 271 g/mol. The molecular weight excluding hydrogens is 250 g/mol. The zero-order valence-corrected chi connectivity index (χ0v) is 11.0. The summed E-state index contributed by atoms with van der Waals surface area (Å²) >= 11 is 0. The van der Waals surface area contributed by atoms with E-state index in [1.807, 2.05) is 0 Å². The summed E-state index contributed by atoms with van der Waals surface area (Å²) in [6, 6.07) is 0. The quantitative estimate of drug-likeness (QED) is 0.162. The summed E-state index contributed by atoms with van der Waals surface area (Å²) in [5, 5.41) is 12.2. The lowest BCUT2D eigenvalue weighted by Crippen LogP contribution is -2.18. The van der Waals surface area contributed by atoms with E-state index in [0.29, 0.717) is 19.3 Å². The molecule has 1 N–H and O–H groups in total. The van der Waals surface area contributed by atoms with Gasteiger partial charge in [-0.15, -0.1) is 13.2 Å². The van der Waals surface area contributed by atoms with Gasteiger partial charge in [-0.1, -0.05) is 17.3 Å². The topological polar surface area (TPSA) is 100.0 Å². The van der Waals surface area contributed by atoms with Crippen LogP contribution in [0.15, 0.2) is 30.4 Å². The Balaban J connectivity index is 0.000000356. The van der Waals surface area contributed by atoms with Crippen molar-refractivity contribution in [3.05, 3.63) is 35.8 Å². The van der Waals surface area contributed by atoms with Gasteiger partial charge in [-0.25, -0.2) is 0 Å². The van der Waals surface area contributed by atoms with Crippen LogP contribution in [0.3, 0.4) is 0 Å². The van der Waals surface area contributed by atoms with Crippen LogP contribution in [-0.2, 0) is 14.2 Å². The summed E-state index contributed by atoms with van der Waals surface area (Å²) in [6.07, 6.45) is 2.99. The standard InChI is InChI=1S/C6H11N3O2.C6H10O2/c1-2-3-11-5-6(10)4-8-9-7;1-2-3-7-4-6-5-8-6/h2,6,10H,1,3-5H2;2,6H,1,3-5H2. The lowest BCUT2D eigenvalue weighted by Gasteiger charge is -2.05. The van der Waals surface area contributed by atoms with Crippen molar-refractivity contribution in [1.29, 1.82) is 0 Å². The van der Waals surface area contributed by atoms with Gasteiger partial charge in [0.2, 0.25) is 0 Å². The molecule has 1 fully saturated rings. The Morgan fingerprint density at radius 1 is 1.42 bits per heavy atom. The number of nitrogens with zero attached hydrogens (tertiary/aromatic N) is 3. The van der Waals surface area contributed by atoms with Crippen molar-refractivity contribution in [1.82, 2.24) is 0 Å². The number of hydrogen-bond donors (Lipinski definition) is 1. The molecule has 19 heavy (non-hydrogen) atoms. The molecular formula is C12H21N3O4. The van der Waals surface area contributed by atoms with Gasteiger partial charge >= 0.3 is 0 Å². The van der Waals surface area contributed by atoms with Crippen LogP contribution in [0, 0.1) is 0 Å². The Kier molecular flexibility index (Phi) is 12.1. The number of aliphatic hydroxyl groups excluding tert-OH is 1. The van der Waals surface area contributed by atoms with Crippen LogP contribution in [0.2, 0.25) is 0 Å². The molecule has 0 aromatic rings. The molecule has 2 atom stereocenters. The minimum absolute atomic E-state index is 0.0492. The fraction of sp³-hybridized carbons (Fsp3) is 0.667. The zero-order valence-electron chi connectivity index (χ0n) is 11.0. The van der Waals surface area contributed by atoms with Crippen molar-refractivity contribution in [3.8, 4) is 0 Å². The van der Waals surface area contributed by atoms with E-state index >= 15 is 0 Å². The molecule has 1 heterocycles. The fourth-order valence-corrected chi connectivity index (χ4v) is 0.918. The van der Waals surface area contributed by atoms with Crippen LogP contribution in [0.5, 0.6) is 0 Å². The molecule has 1 aliphatic heterocycles. The van der Waals surface area contributed by atoms with Crippen LogP contribution in [0.1, 0.15) is 0 Å². The Morgan fingerprint density at radius 2 is 2.05 bits per heavy atom. The van der Waals surface area contributed by atoms with Gasteiger partial charge in [-0.2, -0.15) is 0 Å². The van der Waals surface area contributed by atoms with Gasteiger partial charge in [0.05, 0.1) is 45.7 Å². The largest absolute Gasteiger partial charge is 0.391 e. The van der Waals surface area contributed by atoms with Crippen molar-refractivity contribution >= 4 is 0 Å². The molecule has 0 amide bonds. The van der Waals surface area contributed by atoms with E-state index in [4.69, 9.17) is 24.8 Å². The highest BCUT2D eigenvalue weighted by molar-refractivity contribution is 4.70. The van der Waals surface area contributed by atoms with Crippen molar-refractivity contribution < 1.29 is 19.3 Å². The maximum Gasteiger partial charge on any atom is 0.104 e. The van der Waals surface area contributed by atoms with Gasteiger partial charge in [-0.05, 0) is 5.53 Å². The number of epoxide rings is 1. The molecule has 0 aromatic carbocycles. The van der Waals surface area contributed by atoms with E-state index in [1.54, 1.807) is 12.2 Å². The Hall–Kier alpha value is -1.37. The SMILES string of the molecule is C=CCOCC(O)CN=[N+]=[N-].C=CCOCC1CO1. The summed E-state index contributed by atoms with van der Waals surface area (Å²) in [5.41, 5.74) is 7.88. The van der Waals surface area contributed by atoms with Gasteiger partial charge < -0.3 is 19.3 Å². The van der Waals surface area contributed by atoms with Crippen LogP contribution in [0.25, 0.3) is 10.4 Å². The number of hydrogen-bond acceptors (Lipinski definition) is 5. The van der Waals surface area contributed by atoms with Gasteiger partial charge in [0.1, 0.15) is 6.10 Å². The van der Waals surface area contributed by atoms with Crippen LogP contribution >= 0.6 is 0 Å². The zero-order chi connectivity index (χ0) is 14.3. The van der Waals surface area contributed by atoms with E-state index in [0.717, 1.165) is 13.2 Å². The highest BCUT2D eigenvalue weighted by atomic mass is 16.6. The predicted molar refractivity (Wildman–Crippen MR) is 71.8 cm³/mol. The van der Waals surface area contributed by atoms with Crippen molar-refractivity contribution in [2.75, 3.05) is 39.6 Å². The van der Waals surface area contributed by atoms with E-state index in [-0.39, 0.29) is 13.2 Å². The van der Waals surface area contributed by atoms with E-state index < -0.39 is 6.10 Å². The highest BCUT2D eigenvalue weighted by Crippen LogP contribution is 2.07. The fourth-order valence-electron chi connectivity index (χ4n) is 0.918. The summed E-state index contributed by atoms with van der Waals surface area (Å²) < 4.78 is 14.8. The molecule has 0 bridgehead atoms. The van der Waals surface area contributed by atoms with Crippen LogP contribution in [0.4, 0.5) is 0 Å². The normalized spacial score (nSPS) is 17.4. The molecule has 0 radical (unpaired) electrons. The van der Waals surface area contributed by atoms with E-state index in [1.165, 1.54) is 0 Å². The maximum atomic E-state index is 8.98.